The number of halogens is 3. The number of benzene rings is 1. The van der Waals surface area contributed by atoms with Crippen LogP contribution in [0.25, 0.3) is 11.4 Å². The van der Waals surface area contributed by atoms with E-state index in [0.29, 0.717) is 28.5 Å². The first-order chi connectivity index (χ1) is 14.1. The van der Waals surface area contributed by atoms with Gasteiger partial charge in [0.1, 0.15) is 16.1 Å². The van der Waals surface area contributed by atoms with Gasteiger partial charge in [0, 0.05) is 12.1 Å². The Morgan fingerprint density at radius 1 is 1.23 bits per heavy atom. The van der Waals surface area contributed by atoms with Crippen molar-refractivity contribution in [2.45, 2.75) is 29.8 Å². The van der Waals surface area contributed by atoms with E-state index in [9.17, 15) is 21.6 Å². The Hall–Kier alpha value is -2.44. The van der Waals surface area contributed by atoms with Crippen molar-refractivity contribution in [3.8, 4) is 17.1 Å². The lowest BCUT2D eigenvalue weighted by molar-refractivity contribution is -0.159. The molecule has 0 unspecified atom stereocenters. The molecule has 4 rings (SSSR count). The molecule has 3 heterocycles. The molecule has 0 spiro atoms. The van der Waals surface area contributed by atoms with Crippen LogP contribution in [0.15, 0.2) is 44.4 Å². The van der Waals surface area contributed by atoms with Crippen molar-refractivity contribution in [1.82, 2.24) is 14.4 Å². The number of aromatic nitrogens is 2. The molecule has 1 aromatic carbocycles. The normalized spacial score (nSPS) is 18.1. The summed E-state index contributed by atoms with van der Waals surface area (Å²) in [6, 6.07) is 7.93. The van der Waals surface area contributed by atoms with E-state index in [0.717, 1.165) is 5.56 Å². The number of thiophene rings is 1. The highest BCUT2D eigenvalue weighted by molar-refractivity contribution is 7.91. The van der Waals surface area contributed by atoms with Crippen molar-refractivity contribution in [2.75, 3.05) is 13.1 Å². The van der Waals surface area contributed by atoms with E-state index < -0.39 is 22.1 Å². The molecule has 3 aromatic rings. The second-order valence-corrected chi connectivity index (χ2v) is 9.78. The maximum Gasteiger partial charge on any atom is 0.471 e. The highest BCUT2D eigenvalue weighted by atomic mass is 32.2. The minimum absolute atomic E-state index is 0.182. The molecule has 1 aliphatic rings. The largest absolute Gasteiger partial charge is 0.489 e. The van der Waals surface area contributed by atoms with E-state index in [2.05, 4.69) is 14.7 Å². The molecule has 0 N–H and O–H groups in total. The monoisotopic (exact) mass is 459 g/mol. The number of ether oxygens (including phenoxy) is 1. The highest BCUT2D eigenvalue weighted by Gasteiger charge is 2.38. The Morgan fingerprint density at radius 2 is 1.97 bits per heavy atom. The molecule has 0 radical (unpaired) electrons. The number of aryl methyl sites for hydroxylation is 1. The second-order valence-electron chi connectivity index (χ2n) is 6.73. The third kappa shape index (κ3) is 4.07. The van der Waals surface area contributed by atoms with Crippen LogP contribution in [-0.2, 0) is 16.2 Å². The van der Waals surface area contributed by atoms with Crippen LogP contribution in [0.1, 0.15) is 17.9 Å². The van der Waals surface area contributed by atoms with Gasteiger partial charge in [-0.2, -0.15) is 22.5 Å². The number of sulfonamides is 1. The van der Waals surface area contributed by atoms with Crippen LogP contribution in [0.4, 0.5) is 13.2 Å². The summed E-state index contributed by atoms with van der Waals surface area (Å²) >= 11 is 1.19. The fourth-order valence-corrected chi connectivity index (χ4v) is 6.12. The predicted molar refractivity (Wildman–Crippen MR) is 102 cm³/mol. The number of nitrogens with zero attached hydrogens (tertiary/aromatic N) is 3. The third-order valence-corrected chi connectivity index (χ3v) is 8.11. The average molecular weight is 459 g/mol. The molecule has 30 heavy (non-hydrogen) atoms. The quantitative estimate of drug-likeness (QED) is 0.574. The maximum absolute atomic E-state index is 12.8. The van der Waals surface area contributed by atoms with Crippen LogP contribution in [0.2, 0.25) is 0 Å². The molecular weight excluding hydrogens is 443 g/mol. The molecule has 1 aliphatic heterocycles. The predicted octanol–water partition coefficient (Wildman–Crippen LogP) is 3.97. The van der Waals surface area contributed by atoms with E-state index in [-0.39, 0.29) is 18.5 Å². The summed E-state index contributed by atoms with van der Waals surface area (Å²) in [6.45, 7) is 2.34. The van der Waals surface area contributed by atoms with Crippen molar-refractivity contribution in [3.05, 3.63) is 47.2 Å². The van der Waals surface area contributed by atoms with Crippen LogP contribution in [0.3, 0.4) is 0 Å². The second kappa shape index (κ2) is 7.67. The summed E-state index contributed by atoms with van der Waals surface area (Å²) in [5.74, 6) is -1.13. The lowest BCUT2D eigenvalue weighted by Gasteiger charge is -2.17. The Morgan fingerprint density at radius 3 is 2.57 bits per heavy atom. The first-order valence-electron chi connectivity index (χ1n) is 8.87. The molecule has 0 amide bonds. The third-order valence-electron chi connectivity index (χ3n) is 4.58. The molecule has 7 nitrogen and oxygen atoms in total. The highest BCUT2D eigenvalue weighted by Crippen LogP contribution is 2.31. The molecule has 2 aromatic heterocycles. The van der Waals surface area contributed by atoms with Crippen molar-refractivity contribution in [2.24, 2.45) is 0 Å². The Balaban J connectivity index is 1.41. The van der Waals surface area contributed by atoms with Crippen molar-refractivity contribution in [3.63, 3.8) is 0 Å². The summed E-state index contributed by atoms with van der Waals surface area (Å²) in [5, 5.41) is 5.08. The summed E-state index contributed by atoms with van der Waals surface area (Å²) in [5.41, 5.74) is 1.06. The van der Waals surface area contributed by atoms with Gasteiger partial charge < -0.3 is 9.26 Å². The number of hydrogen-bond acceptors (Lipinski definition) is 7. The maximum atomic E-state index is 12.8. The zero-order valence-electron chi connectivity index (χ0n) is 15.6. The lowest BCUT2D eigenvalue weighted by atomic mass is 10.2. The summed E-state index contributed by atoms with van der Waals surface area (Å²) < 4.78 is 75.1. The van der Waals surface area contributed by atoms with Crippen molar-refractivity contribution in [1.29, 1.82) is 0 Å². The Kier molecular flexibility index (Phi) is 5.32. The first-order valence-corrected chi connectivity index (χ1v) is 11.2. The first kappa shape index (κ1) is 20.8. The zero-order valence-corrected chi connectivity index (χ0v) is 17.2. The average Bonchev–Trinajstić information content (AvgIpc) is 3.42. The Labute approximate surface area is 174 Å². The molecule has 0 aliphatic carbocycles. The van der Waals surface area contributed by atoms with E-state index in [4.69, 9.17) is 4.74 Å². The molecule has 0 bridgehead atoms. The van der Waals surface area contributed by atoms with Gasteiger partial charge in [0.15, 0.2) is 0 Å². The molecule has 1 atom stereocenters. The molecule has 1 fully saturated rings. The summed E-state index contributed by atoms with van der Waals surface area (Å²) in [4.78, 5) is 3.34. The van der Waals surface area contributed by atoms with E-state index in [1.54, 1.807) is 30.5 Å². The molecule has 12 heteroatoms. The molecule has 0 saturated carbocycles. The van der Waals surface area contributed by atoms with Crippen LogP contribution in [0, 0.1) is 6.92 Å². The van der Waals surface area contributed by atoms with Gasteiger partial charge in [-0.1, -0.05) is 5.16 Å². The Bertz CT molecular complexity index is 1140. The van der Waals surface area contributed by atoms with Crippen LogP contribution >= 0.6 is 11.3 Å². The van der Waals surface area contributed by atoms with Crippen LogP contribution < -0.4 is 4.74 Å². The van der Waals surface area contributed by atoms with Crippen molar-refractivity contribution < 1.29 is 30.8 Å². The zero-order chi connectivity index (χ0) is 21.5. The van der Waals surface area contributed by atoms with Gasteiger partial charge in [0.05, 0.1) is 6.54 Å². The SMILES string of the molecule is Cc1ccsc1S(=O)(=O)N1CC[C@H](Oc2ccc(-c3noc(C(F)(F)F)n3)cc2)C1. The van der Waals surface area contributed by atoms with Gasteiger partial charge in [-0.25, -0.2) is 8.42 Å². The van der Waals surface area contributed by atoms with Crippen molar-refractivity contribution >= 4 is 21.4 Å². The minimum Gasteiger partial charge on any atom is -0.489 e. The number of alkyl halides is 3. The van der Waals surface area contributed by atoms with Crippen LogP contribution in [-0.4, -0.2) is 42.1 Å². The van der Waals surface area contributed by atoms with Gasteiger partial charge >= 0.3 is 12.1 Å². The molecule has 160 valence electrons. The fraction of sp³-hybridized carbons (Fsp3) is 0.333. The van der Waals surface area contributed by atoms with Gasteiger partial charge in [-0.3, -0.25) is 0 Å². The fourth-order valence-electron chi connectivity index (χ4n) is 3.08. The van der Waals surface area contributed by atoms with Gasteiger partial charge in [0.25, 0.3) is 10.0 Å². The van der Waals surface area contributed by atoms with E-state index >= 15 is 0 Å². The molecule has 1 saturated heterocycles. The smallest absolute Gasteiger partial charge is 0.471 e. The van der Waals surface area contributed by atoms with E-state index in [1.807, 2.05) is 0 Å². The minimum atomic E-state index is -4.70. The van der Waals surface area contributed by atoms with Gasteiger partial charge in [-0.15, -0.1) is 11.3 Å². The van der Waals surface area contributed by atoms with Gasteiger partial charge in [0.2, 0.25) is 5.82 Å². The van der Waals surface area contributed by atoms with E-state index in [1.165, 1.54) is 27.8 Å². The number of rotatable bonds is 5. The topological polar surface area (TPSA) is 85.5 Å². The summed E-state index contributed by atoms with van der Waals surface area (Å²) in [6.07, 6.45) is -4.50. The van der Waals surface area contributed by atoms with Crippen LogP contribution in [0.5, 0.6) is 5.75 Å². The molecular formula is C18H16F3N3O4S2. The lowest BCUT2D eigenvalue weighted by Crippen LogP contribution is -2.30. The summed E-state index contributed by atoms with van der Waals surface area (Å²) in [7, 11) is -3.55. The number of hydrogen-bond donors (Lipinski definition) is 0. The standard InChI is InChI=1S/C18H16F3N3O4S2/c1-11-7-9-29-16(11)30(25,26)24-8-6-14(10-24)27-13-4-2-12(3-5-13)15-22-17(28-23-15)18(19,20)21/h2-5,7,9,14H,6,8,10H2,1H3/t14-/m0/s1. The van der Waals surface area contributed by atoms with Gasteiger partial charge in [-0.05, 0) is 54.6 Å².